The van der Waals surface area contributed by atoms with Crippen LogP contribution in [0.15, 0.2) is 30.6 Å². The first-order chi connectivity index (χ1) is 12.8. The summed E-state index contributed by atoms with van der Waals surface area (Å²) in [7, 11) is 3.83. The van der Waals surface area contributed by atoms with Crippen LogP contribution in [0.1, 0.15) is 11.7 Å². The number of aromatic nitrogens is 2. The molecule has 0 radical (unpaired) electrons. The third kappa shape index (κ3) is 5.83. The molecule has 1 atom stereocenters. The number of anilines is 1. The topological polar surface area (TPSA) is 99.5 Å². The molecule has 0 fully saturated rings. The minimum atomic E-state index is -1.63. The number of benzene rings is 1. The standard InChI is InChI=1S/C17H21F2N5O3/c1-23(2)6-7-24-10-11(8-21-24)22-17(27)16(26)20-9-14(25)15-12(18)4-3-5-13(15)19/h3-5,8,10,14,25H,6-7,9H2,1-2H3,(H,20,26)(H,22,27). The number of rotatable bonds is 7. The molecule has 0 aliphatic heterocycles. The van der Waals surface area contributed by atoms with Gasteiger partial charge in [0.15, 0.2) is 0 Å². The Morgan fingerprint density at radius 3 is 2.56 bits per heavy atom. The van der Waals surface area contributed by atoms with Gasteiger partial charge in [-0.05, 0) is 26.2 Å². The maximum absolute atomic E-state index is 13.6. The van der Waals surface area contributed by atoms with Crippen molar-refractivity contribution < 1.29 is 23.5 Å². The zero-order valence-corrected chi connectivity index (χ0v) is 14.9. The molecule has 0 bridgehead atoms. The highest BCUT2D eigenvalue weighted by atomic mass is 19.1. The number of hydrogen-bond donors (Lipinski definition) is 3. The van der Waals surface area contributed by atoms with Gasteiger partial charge in [-0.25, -0.2) is 8.78 Å². The zero-order chi connectivity index (χ0) is 20.0. The van der Waals surface area contributed by atoms with E-state index in [-0.39, 0.29) is 0 Å². The molecule has 8 nitrogen and oxygen atoms in total. The molecule has 0 aliphatic rings. The molecule has 2 amide bonds. The van der Waals surface area contributed by atoms with Crippen LogP contribution in [0.5, 0.6) is 0 Å². The van der Waals surface area contributed by atoms with Crippen LogP contribution in [0.3, 0.4) is 0 Å². The van der Waals surface area contributed by atoms with Crippen molar-refractivity contribution in [2.75, 3.05) is 32.5 Å². The predicted molar refractivity (Wildman–Crippen MR) is 93.7 cm³/mol. The summed E-state index contributed by atoms with van der Waals surface area (Å²) in [6.07, 6.45) is 1.33. The number of carbonyl (C=O) groups excluding carboxylic acids is 2. The lowest BCUT2D eigenvalue weighted by Gasteiger charge is -2.13. The molecule has 1 aromatic heterocycles. The molecule has 0 aliphatic carbocycles. The van der Waals surface area contributed by atoms with Crippen molar-refractivity contribution >= 4 is 17.5 Å². The SMILES string of the molecule is CN(C)CCn1cc(NC(=O)C(=O)NCC(O)c2c(F)cccc2F)cn1. The van der Waals surface area contributed by atoms with Crippen molar-refractivity contribution in [3.8, 4) is 0 Å². The second kappa shape index (κ2) is 9.19. The summed E-state index contributed by atoms with van der Waals surface area (Å²) in [4.78, 5) is 25.7. The molecular formula is C17H21F2N5O3. The number of carbonyl (C=O) groups is 2. The van der Waals surface area contributed by atoms with Crippen LogP contribution in [0.2, 0.25) is 0 Å². The van der Waals surface area contributed by atoms with Crippen LogP contribution in [0, 0.1) is 11.6 Å². The molecule has 0 saturated heterocycles. The molecule has 0 saturated carbocycles. The summed E-state index contributed by atoms with van der Waals surface area (Å²) >= 11 is 0. The van der Waals surface area contributed by atoms with Crippen molar-refractivity contribution in [1.82, 2.24) is 20.0 Å². The average molecular weight is 381 g/mol. The Labute approximate surface area is 154 Å². The summed E-state index contributed by atoms with van der Waals surface area (Å²) in [5.74, 6) is -3.91. The minimum absolute atomic E-state index is 0.328. The van der Waals surface area contributed by atoms with Crippen LogP contribution in [0.4, 0.5) is 14.5 Å². The highest BCUT2D eigenvalue weighted by Gasteiger charge is 2.21. The lowest BCUT2D eigenvalue weighted by molar-refractivity contribution is -0.136. The molecule has 1 unspecified atom stereocenters. The molecule has 27 heavy (non-hydrogen) atoms. The smallest absolute Gasteiger partial charge is 0.313 e. The molecule has 2 aromatic rings. The number of hydrogen-bond acceptors (Lipinski definition) is 5. The molecule has 146 valence electrons. The van der Waals surface area contributed by atoms with E-state index < -0.39 is 41.7 Å². The van der Waals surface area contributed by atoms with Gasteiger partial charge in [0.2, 0.25) is 0 Å². The van der Waals surface area contributed by atoms with Crippen molar-refractivity contribution in [2.45, 2.75) is 12.6 Å². The van der Waals surface area contributed by atoms with E-state index in [9.17, 15) is 23.5 Å². The summed E-state index contributed by atoms with van der Waals surface area (Å²) in [6.45, 7) is 0.835. The molecular weight excluding hydrogens is 360 g/mol. The third-order valence-corrected chi connectivity index (χ3v) is 3.66. The highest BCUT2D eigenvalue weighted by molar-refractivity contribution is 6.39. The van der Waals surface area contributed by atoms with Gasteiger partial charge in [0.05, 0.1) is 24.0 Å². The fourth-order valence-electron chi connectivity index (χ4n) is 2.24. The lowest BCUT2D eigenvalue weighted by Crippen LogP contribution is -2.37. The van der Waals surface area contributed by atoms with Gasteiger partial charge in [-0.2, -0.15) is 5.10 Å². The monoisotopic (exact) mass is 381 g/mol. The number of halogens is 2. The normalized spacial score (nSPS) is 12.1. The van der Waals surface area contributed by atoms with E-state index in [1.54, 1.807) is 10.9 Å². The van der Waals surface area contributed by atoms with Crippen LogP contribution < -0.4 is 10.6 Å². The first-order valence-electron chi connectivity index (χ1n) is 8.16. The van der Waals surface area contributed by atoms with Gasteiger partial charge in [0.1, 0.15) is 17.7 Å². The summed E-state index contributed by atoms with van der Waals surface area (Å²) in [5.41, 5.74) is -0.241. The average Bonchev–Trinajstić information content (AvgIpc) is 3.05. The zero-order valence-electron chi connectivity index (χ0n) is 14.9. The molecule has 3 N–H and O–H groups in total. The number of aliphatic hydroxyl groups excluding tert-OH is 1. The number of aliphatic hydroxyl groups is 1. The quantitative estimate of drug-likeness (QED) is 0.607. The molecule has 2 rings (SSSR count). The first-order valence-corrected chi connectivity index (χ1v) is 8.16. The predicted octanol–water partition coefficient (Wildman–Crippen LogP) is 0.511. The van der Waals surface area contributed by atoms with Gasteiger partial charge in [-0.15, -0.1) is 0 Å². The Morgan fingerprint density at radius 1 is 1.26 bits per heavy atom. The van der Waals surface area contributed by atoms with Crippen molar-refractivity contribution in [1.29, 1.82) is 0 Å². The number of nitrogens with zero attached hydrogens (tertiary/aromatic N) is 3. The number of likely N-dealkylation sites (N-methyl/N-ethyl adjacent to an activating group) is 1. The second-order valence-electron chi connectivity index (χ2n) is 6.11. The highest BCUT2D eigenvalue weighted by Crippen LogP contribution is 2.19. The fourth-order valence-corrected chi connectivity index (χ4v) is 2.24. The van der Waals surface area contributed by atoms with Gasteiger partial charge < -0.3 is 20.6 Å². The summed E-state index contributed by atoms with van der Waals surface area (Å²) < 4.78 is 28.8. The van der Waals surface area contributed by atoms with Gasteiger partial charge in [0, 0.05) is 19.3 Å². The number of amides is 2. The van der Waals surface area contributed by atoms with E-state index in [2.05, 4.69) is 15.7 Å². The van der Waals surface area contributed by atoms with Gasteiger partial charge in [0.25, 0.3) is 0 Å². The Hall–Kier alpha value is -2.85. The first kappa shape index (κ1) is 20.5. The van der Waals surface area contributed by atoms with E-state index in [4.69, 9.17) is 0 Å². The van der Waals surface area contributed by atoms with Crippen LogP contribution in [-0.2, 0) is 16.1 Å². The van der Waals surface area contributed by atoms with Crippen molar-refractivity contribution in [3.05, 3.63) is 47.8 Å². The summed E-state index contributed by atoms with van der Waals surface area (Å²) in [6, 6.07) is 3.14. The Morgan fingerprint density at radius 2 is 1.93 bits per heavy atom. The number of nitrogens with one attached hydrogen (secondary N) is 2. The summed E-state index contributed by atoms with van der Waals surface area (Å²) in [5, 5.41) is 18.4. The van der Waals surface area contributed by atoms with Crippen LogP contribution in [-0.4, -0.2) is 58.8 Å². The third-order valence-electron chi connectivity index (χ3n) is 3.66. The maximum atomic E-state index is 13.6. The van der Waals surface area contributed by atoms with E-state index in [0.717, 1.165) is 24.7 Å². The van der Waals surface area contributed by atoms with E-state index in [0.29, 0.717) is 12.2 Å². The Bertz CT molecular complexity index is 789. The Balaban J connectivity index is 1.86. The van der Waals surface area contributed by atoms with Crippen LogP contribution >= 0.6 is 0 Å². The Kier molecular flexibility index (Phi) is 6.97. The van der Waals surface area contributed by atoms with E-state index in [1.165, 1.54) is 6.20 Å². The fraction of sp³-hybridized carbons (Fsp3) is 0.353. The van der Waals surface area contributed by atoms with Gasteiger partial charge in [-0.3, -0.25) is 14.3 Å². The van der Waals surface area contributed by atoms with E-state index >= 15 is 0 Å². The molecule has 0 spiro atoms. The van der Waals surface area contributed by atoms with Gasteiger partial charge >= 0.3 is 11.8 Å². The second-order valence-corrected chi connectivity index (χ2v) is 6.11. The van der Waals surface area contributed by atoms with Gasteiger partial charge in [-0.1, -0.05) is 6.07 Å². The molecule has 1 heterocycles. The van der Waals surface area contributed by atoms with Crippen LogP contribution in [0.25, 0.3) is 0 Å². The lowest BCUT2D eigenvalue weighted by atomic mass is 10.1. The molecule has 10 heteroatoms. The van der Waals surface area contributed by atoms with Crippen molar-refractivity contribution in [3.63, 3.8) is 0 Å². The minimum Gasteiger partial charge on any atom is -0.386 e. The van der Waals surface area contributed by atoms with Crippen molar-refractivity contribution in [2.24, 2.45) is 0 Å². The maximum Gasteiger partial charge on any atom is 0.313 e. The largest absolute Gasteiger partial charge is 0.386 e. The molecule has 1 aromatic carbocycles. The van der Waals surface area contributed by atoms with E-state index in [1.807, 2.05) is 19.0 Å².